The highest BCUT2D eigenvalue weighted by Gasteiger charge is 2.27. The van der Waals surface area contributed by atoms with Crippen molar-refractivity contribution < 1.29 is 4.74 Å². The van der Waals surface area contributed by atoms with Crippen LogP contribution < -0.4 is 5.73 Å². The van der Waals surface area contributed by atoms with E-state index in [2.05, 4.69) is 23.1 Å². The van der Waals surface area contributed by atoms with Crippen molar-refractivity contribution in [1.82, 2.24) is 4.90 Å². The summed E-state index contributed by atoms with van der Waals surface area (Å²) in [4.78, 5) is 2.53. The van der Waals surface area contributed by atoms with Gasteiger partial charge in [0.25, 0.3) is 0 Å². The third kappa shape index (κ3) is 3.78. The lowest BCUT2D eigenvalue weighted by atomic mass is 9.98. The molecule has 1 saturated heterocycles. The maximum absolute atomic E-state index is 5.96. The molecule has 1 aliphatic heterocycles. The van der Waals surface area contributed by atoms with Gasteiger partial charge < -0.3 is 10.5 Å². The number of nitrogens with zero attached hydrogens (tertiary/aromatic N) is 1. The Morgan fingerprint density at radius 3 is 2.86 bits per heavy atom. The summed E-state index contributed by atoms with van der Waals surface area (Å²) in [7, 11) is 1.81. The van der Waals surface area contributed by atoms with Crippen LogP contribution in [0.5, 0.6) is 0 Å². The van der Waals surface area contributed by atoms with Crippen molar-refractivity contribution in [2.75, 3.05) is 20.2 Å². The average Bonchev–Trinajstić information content (AvgIpc) is 2.95. The number of hydrogen-bond acceptors (Lipinski definition) is 3. The summed E-state index contributed by atoms with van der Waals surface area (Å²) in [5.74, 6) is 0. The quantitative estimate of drug-likeness (QED) is 0.929. The largest absolute Gasteiger partial charge is 0.381 e. The Bertz CT molecular complexity index is 466. The fourth-order valence-corrected chi connectivity index (χ4v) is 3.69. The number of likely N-dealkylation sites (tertiary alicyclic amines) is 1. The van der Waals surface area contributed by atoms with Gasteiger partial charge in [-0.15, -0.1) is 12.4 Å². The second-order valence-electron chi connectivity index (χ2n) is 6.20. The lowest BCUT2D eigenvalue weighted by molar-refractivity contribution is 0.0102. The van der Waals surface area contributed by atoms with Crippen molar-refractivity contribution in [2.24, 2.45) is 5.73 Å². The molecule has 1 aromatic rings. The second kappa shape index (κ2) is 7.59. The maximum atomic E-state index is 5.96. The zero-order valence-corrected chi connectivity index (χ0v) is 13.7. The van der Waals surface area contributed by atoms with Crippen LogP contribution in [0.1, 0.15) is 36.0 Å². The monoisotopic (exact) mass is 310 g/mol. The van der Waals surface area contributed by atoms with E-state index in [0.29, 0.717) is 12.1 Å². The zero-order valence-electron chi connectivity index (χ0n) is 12.9. The molecule has 1 heterocycles. The Morgan fingerprint density at radius 2 is 2.10 bits per heavy atom. The minimum absolute atomic E-state index is 0. The number of methoxy groups -OCH3 is 1. The van der Waals surface area contributed by atoms with E-state index in [0.717, 1.165) is 32.5 Å². The zero-order chi connectivity index (χ0) is 13.9. The van der Waals surface area contributed by atoms with Crippen molar-refractivity contribution in [3.63, 3.8) is 0 Å². The normalized spacial score (nSPS) is 25.4. The van der Waals surface area contributed by atoms with E-state index in [1.165, 1.54) is 24.8 Å². The van der Waals surface area contributed by atoms with Gasteiger partial charge in [-0.25, -0.2) is 0 Å². The Morgan fingerprint density at radius 1 is 1.29 bits per heavy atom. The summed E-state index contributed by atoms with van der Waals surface area (Å²) in [6.45, 7) is 2.85. The molecule has 0 saturated carbocycles. The predicted molar refractivity (Wildman–Crippen MR) is 89.0 cm³/mol. The second-order valence-corrected chi connectivity index (χ2v) is 6.20. The van der Waals surface area contributed by atoms with Gasteiger partial charge in [-0.1, -0.05) is 18.2 Å². The summed E-state index contributed by atoms with van der Waals surface area (Å²) in [5.41, 5.74) is 10.5. The van der Waals surface area contributed by atoms with Gasteiger partial charge in [-0.3, -0.25) is 4.90 Å². The molecule has 1 fully saturated rings. The van der Waals surface area contributed by atoms with Crippen LogP contribution in [0, 0.1) is 0 Å². The molecule has 1 aromatic carbocycles. The summed E-state index contributed by atoms with van der Waals surface area (Å²) >= 11 is 0. The summed E-state index contributed by atoms with van der Waals surface area (Å²) in [6, 6.07) is 7.51. The highest BCUT2D eigenvalue weighted by atomic mass is 35.5. The fourth-order valence-electron chi connectivity index (χ4n) is 3.69. The highest BCUT2D eigenvalue weighted by molar-refractivity contribution is 5.85. The van der Waals surface area contributed by atoms with Gasteiger partial charge in [0.15, 0.2) is 0 Å². The molecule has 0 spiro atoms. The van der Waals surface area contributed by atoms with Crippen LogP contribution in [0.3, 0.4) is 0 Å². The molecule has 2 aliphatic rings. The fraction of sp³-hybridized carbons (Fsp3) is 0.647. The summed E-state index contributed by atoms with van der Waals surface area (Å²) in [6.07, 6.45) is 6.43. The molecule has 2 N–H and O–H groups in total. The van der Waals surface area contributed by atoms with Crippen molar-refractivity contribution in [3.05, 3.63) is 34.9 Å². The first kappa shape index (κ1) is 16.8. The van der Waals surface area contributed by atoms with Crippen LogP contribution in [-0.2, 0) is 24.1 Å². The van der Waals surface area contributed by atoms with E-state index >= 15 is 0 Å². The van der Waals surface area contributed by atoms with Gasteiger partial charge in [-0.05, 0) is 48.8 Å². The van der Waals surface area contributed by atoms with Gasteiger partial charge in [0, 0.05) is 32.8 Å². The molecule has 21 heavy (non-hydrogen) atoms. The molecule has 0 radical (unpaired) electrons. The number of benzene rings is 1. The number of rotatable bonds is 4. The van der Waals surface area contributed by atoms with Crippen molar-refractivity contribution in [3.8, 4) is 0 Å². The minimum atomic E-state index is 0. The molecule has 2 atom stereocenters. The molecule has 2 unspecified atom stereocenters. The first-order valence-electron chi connectivity index (χ1n) is 7.87. The molecule has 3 rings (SSSR count). The van der Waals surface area contributed by atoms with Crippen molar-refractivity contribution in [1.29, 1.82) is 0 Å². The Balaban J connectivity index is 0.00000161. The Hall–Kier alpha value is -0.610. The summed E-state index contributed by atoms with van der Waals surface area (Å²) < 4.78 is 5.50. The molecule has 1 aliphatic carbocycles. The molecule has 3 nitrogen and oxygen atoms in total. The minimum Gasteiger partial charge on any atom is -0.381 e. The van der Waals surface area contributed by atoms with Gasteiger partial charge >= 0.3 is 0 Å². The van der Waals surface area contributed by atoms with E-state index in [1.807, 2.05) is 7.11 Å². The average molecular weight is 311 g/mol. The Kier molecular flexibility index (Phi) is 6.06. The smallest absolute Gasteiger partial charge is 0.0599 e. The standard InChI is InChI=1S/C17H26N2O.ClH/c1-20-17-7-8-19(16(10-17)11-18)12-13-5-6-14-3-2-4-15(14)9-13;/h5-6,9,16-17H,2-4,7-8,10-12,18H2,1H3;1H. The molecule has 0 bridgehead atoms. The van der Waals surface area contributed by atoms with E-state index in [4.69, 9.17) is 10.5 Å². The van der Waals surface area contributed by atoms with Crippen molar-refractivity contribution in [2.45, 2.75) is 50.8 Å². The topological polar surface area (TPSA) is 38.5 Å². The Labute approximate surface area is 134 Å². The number of halogens is 1. The number of ether oxygens (including phenoxy) is 1. The first-order chi connectivity index (χ1) is 9.80. The van der Waals surface area contributed by atoms with Gasteiger partial charge in [0.05, 0.1) is 6.10 Å². The third-order valence-electron chi connectivity index (χ3n) is 4.94. The van der Waals surface area contributed by atoms with Crippen LogP contribution in [0.2, 0.25) is 0 Å². The van der Waals surface area contributed by atoms with Crippen LogP contribution in [0.15, 0.2) is 18.2 Å². The van der Waals surface area contributed by atoms with Gasteiger partial charge in [-0.2, -0.15) is 0 Å². The number of fused-ring (bicyclic) bond motifs is 1. The lowest BCUT2D eigenvalue weighted by Crippen LogP contribution is -2.47. The lowest BCUT2D eigenvalue weighted by Gasteiger charge is -2.38. The van der Waals surface area contributed by atoms with Crippen LogP contribution >= 0.6 is 12.4 Å². The maximum Gasteiger partial charge on any atom is 0.0599 e. The predicted octanol–water partition coefficient (Wildman–Crippen LogP) is 2.54. The highest BCUT2D eigenvalue weighted by Crippen LogP contribution is 2.25. The van der Waals surface area contributed by atoms with E-state index < -0.39 is 0 Å². The van der Waals surface area contributed by atoms with Crippen LogP contribution in [0.4, 0.5) is 0 Å². The molecule has 0 amide bonds. The molecule has 118 valence electrons. The molecular weight excluding hydrogens is 284 g/mol. The number of aryl methyl sites for hydroxylation is 2. The van der Waals surface area contributed by atoms with Crippen LogP contribution in [-0.4, -0.2) is 37.2 Å². The summed E-state index contributed by atoms with van der Waals surface area (Å²) in [5, 5.41) is 0. The molecular formula is C17H27ClN2O. The van der Waals surface area contributed by atoms with Gasteiger partial charge in [0.2, 0.25) is 0 Å². The van der Waals surface area contributed by atoms with Crippen LogP contribution in [0.25, 0.3) is 0 Å². The number of nitrogens with two attached hydrogens (primary N) is 1. The van der Waals surface area contributed by atoms with E-state index in [-0.39, 0.29) is 12.4 Å². The molecule has 0 aromatic heterocycles. The number of piperidine rings is 1. The third-order valence-corrected chi connectivity index (χ3v) is 4.94. The first-order valence-corrected chi connectivity index (χ1v) is 7.87. The molecule has 4 heteroatoms. The van der Waals surface area contributed by atoms with Crippen molar-refractivity contribution >= 4 is 12.4 Å². The SMILES string of the molecule is COC1CCN(Cc2ccc3c(c2)CCC3)C(CN)C1.Cl. The van der Waals surface area contributed by atoms with E-state index in [9.17, 15) is 0 Å². The van der Waals surface area contributed by atoms with E-state index in [1.54, 1.807) is 11.1 Å². The van der Waals surface area contributed by atoms with Gasteiger partial charge in [0.1, 0.15) is 0 Å². The number of hydrogen-bond donors (Lipinski definition) is 1.